The lowest BCUT2D eigenvalue weighted by Crippen LogP contribution is -2.51. The van der Waals surface area contributed by atoms with Crippen molar-refractivity contribution in [1.82, 2.24) is 10.6 Å². The lowest BCUT2D eigenvalue weighted by atomic mass is 9.99. The zero-order valence-corrected chi connectivity index (χ0v) is 16.5. The number of carbonyl (C=O) groups is 3. The fourth-order valence-electron chi connectivity index (χ4n) is 2.92. The van der Waals surface area contributed by atoms with Crippen molar-refractivity contribution in [3.8, 4) is 12.3 Å². The number of primary amides is 1. The van der Waals surface area contributed by atoms with Crippen molar-refractivity contribution >= 4 is 17.7 Å². The van der Waals surface area contributed by atoms with E-state index in [0.29, 0.717) is 24.0 Å². The predicted octanol–water partition coefficient (Wildman–Crippen LogP) is 1.29. The van der Waals surface area contributed by atoms with E-state index >= 15 is 0 Å². The van der Waals surface area contributed by atoms with Crippen LogP contribution in [0.3, 0.4) is 0 Å². The molecule has 0 bridgehead atoms. The van der Waals surface area contributed by atoms with Crippen molar-refractivity contribution in [2.24, 2.45) is 5.73 Å². The van der Waals surface area contributed by atoms with Gasteiger partial charge in [-0.2, -0.15) is 0 Å². The molecule has 0 unspecified atom stereocenters. The van der Waals surface area contributed by atoms with E-state index in [0.717, 1.165) is 0 Å². The van der Waals surface area contributed by atoms with E-state index < -0.39 is 35.9 Å². The molecule has 156 valence electrons. The summed E-state index contributed by atoms with van der Waals surface area (Å²) in [6.07, 6.45) is 4.74. The number of terminal acetylenes is 1. The van der Waals surface area contributed by atoms with E-state index in [1.807, 2.05) is 0 Å². The molecule has 3 atom stereocenters. The lowest BCUT2D eigenvalue weighted by molar-refractivity contribution is -0.134. The van der Waals surface area contributed by atoms with Gasteiger partial charge in [-0.25, -0.2) is 0 Å². The molecule has 0 saturated carbocycles. The molecule has 2 aromatic rings. The molecule has 0 aromatic heterocycles. The molecular formula is C23H25N3O4. The Morgan fingerprint density at radius 2 is 1.60 bits per heavy atom. The van der Waals surface area contributed by atoms with Crippen LogP contribution >= 0.6 is 0 Å². The first kappa shape index (κ1) is 22.7. The third kappa shape index (κ3) is 6.47. The first-order valence-electron chi connectivity index (χ1n) is 9.56. The molecule has 0 heterocycles. The van der Waals surface area contributed by atoms with Crippen LogP contribution in [0, 0.1) is 12.3 Å². The van der Waals surface area contributed by atoms with Gasteiger partial charge in [0.25, 0.3) is 11.8 Å². The molecule has 2 rings (SSSR count). The maximum Gasteiger partial charge on any atom is 0.252 e. The Morgan fingerprint density at radius 3 is 2.17 bits per heavy atom. The number of nitrogens with one attached hydrogen (secondary N) is 2. The summed E-state index contributed by atoms with van der Waals surface area (Å²) in [5.41, 5.74) is 6.27. The van der Waals surface area contributed by atoms with Gasteiger partial charge in [0, 0.05) is 12.0 Å². The van der Waals surface area contributed by atoms with Gasteiger partial charge in [-0.15, -0.1) is 12.3 Å². The SMILES string of the molecule is C#CCCC[C@@H](NC(=O)[C@H](O)[C@@H](NC(=O)c1ccccc1)c1ccccc1)C(N)=O. The lowest BCUT2D eigenvalue weighted by Gasteiger charge is -2.25. The van der Waals surface area contributed by atoms with E-state index in [1.165, 1.54) is 0 Å². The number of carbonyl (C=O) groups excluding carboxylic acids is 3. The van der Waals surface area contributed by atoms with Crippen LogP contribution in [0.1, 0.15) is 41.2 Å². The Morgan fingerprint density at radius 1 is 1.00 bits per heavy atom. The summed E-state index contributed by atoms with van der Waals surface area (Å²) in [5.74, 6) is 0.463. The molecular weight excluding hydrogens is 382 g/mol. The molecule has 0 aliphatic heterocycles. The standard InChI is InChI=1S/C23H25N3O4/c1-2-3-6-15-18(21(24)28)25-23(30)20(27)19(16-11-7-4-8-12-16)26-22(29)17-13-9-5-10-14-17/h1,4-5,7-14,18-20,27H,3,6,15H2,(H2,24,28)(H,25,30)(H,26,29)/t18-,19+,20-/m1/s1. The third-order valence-electron chi connectivity index (χ3n) is 4.54. The summed E-state index contributed by atoms with van der Waals surface area (Å²) < 4.78 is 0. The second-order valence-corrected chi connectivity index (χ2v) is 6.73. The van der Waals surface area contributed by atoms with Crippen LogP contribution in [0.4, 0.5) is 0 Å². The highest BCUT2D eigenvalue weighted by molar-refractivity contribution is 5.95. The van der Waals surface area contributed by atoms with E-state index in [1.54, 1.807) is 60.7 Å². The molecule has 30 heavy (non-hydrogen) atoms. The summed E-state index contributed by atoms with van der Waals surface area (Å²) in [7, 11) is 0. The predicted molar refractivity (Wildman–Crippen MR) is 113 cm³/mol. The smallest absolute Gasteiger partial charge is 0.252 e. The molecule has 2 aromatic carbocycles. The molecule has 0 aliphatic rings. The molecule has 5 N–H and O–H groups in total. The molecule has 0 radical (unpaired) electrons. The van der Waals surface area contributed by atoms with Gasteiger partial charge in [-0.05, 0) is 30.5 Å². The Bertz CT molecular complexity index is 894. The van der Waals surface area contributed by atoms with Crippen molar-refractivity contribution in [3.05, 3.63) is 71.8 Å². The largest absolute Gasteiger partial charge is 0.381 e. The number of hydrogen-bond donors (Lipinski definition) is 4. The summed E-state index contributed by atoms with van der Waals surface area (Å²) in [6.45, 7) is 0. The van der Waals surface area contributed by atoms with Crippen LogP contribution in [0.5, 0.6) is 0 Å². The molecule has 3 amide bonds. The average molecular weight is 407 g/mol. The van der Waals surface area contributed by atoms with Crippen LogP contribution in [0.25, 0.3) is 0 Å². The second-order valence-electron chi connectivity index (χ2n) is 6.73. The van der Waals surface area contributed by atoms with E-state index in [4.69, 9.17) is 12.2 Å². The van der Waals surface area contributed by atoms with Crippen molar-refractivity contribution in [3.63, 3.8) is 0 Å². The first-order chi connectivity index (χ1) is 14.4. The minimum Gasteiger partial charge on any atom is -0.381 e. The van der Waals surface area contributed by atoms with Gasteiger partial charge in [0.1, 0.15) is 6.04 Å². The molecule has 7 nitrogen and oxygen atoms in total. The molecule has 0 fully saturated rings. The van der Waals surface area contributed by atoms with Gasteiger partial charge in [0.05, 0.1) is 6.04 Å². The summed E-state index contributed by atoms with van der Waals surface area (Å²) in [5, 5.41) is 15.9. The van der Waals surface area contributed by atoms with Crippen molar-refractivity contribution < 1.29 is 19.5 Å². The first-order valence-corrected chi connectivity index (χ1v) is 9.56. The number of aliphatic hydroxyl groups excluding tert-OH is 1. The minimum absolute atomic E-state index is 0.254. The maximum atomic E-state index is 12.7. The molecule has 0 aliphatic carbocycles. The molecule has 0 spiro atoms. The van der Waals surface area contributed by atoms with Gasteiger partial charge in [-0.3, -0.25) is 14.4 Å². The van der Waals surface area contributed by atoms with Crippen molar-refractivity contribution in [2.45, 2.75) is 37.5 Å². The van der Waals surface area contributed by atoms with E-state index in [2.05, 4.69) is 16.6 Å². The maximum absolute atomic E-state index is 12.7. The Hall–Kier alpha value is -3.63. The monoisotopic (exact) mass is 407 g/mol. The van der Waals surface area contributed by atoms with Crippen molar-refractivity contribution in [2.75, 3.05) is 0 Å². The van der Waals surface area contributed by atoms with E-state index in [9.17, 15) is 19.5 Å². The van der Waals surface area contributed by atoms with Crippen LogP contribution in [-0.4, -0.2) is 35.0 Å². The zero-order valence-electron chi connectivity index (χ0n) is 16.5. The fraction of sp³-hybridized carbons (Fsp3) is 0.261. The van der Waals surface area contributed by atoms with Crippen LogP contribution in [0.2, 0.25) is 0 Å². The van der Waals surface area contributed by atoms with Gasteiger partial charge >= 0.3 is 0 Å². The van der Waals surface area contributed by atoms with Crippen molar-refractivity contribution in [1.29, 1.82) is 0 Å². The van der Waals surface area contributed by atoms with Crippen LogP contribution < -0.4 is 16.4 Å². The summed E-state index contributed by atoms with van der Waals surface area (Å²) in [6, 6.07) is 15.1. The van der Waals surface area contributed by atoms with Gasteiger partial charge < -0.3 is 21.5 Å². The summed E-state index contributed by atoms with van der Waals surface area (Å²) in [4.78, 5) is 36.9. The Balaban J connectivity index is 2.18. The number of aliphatic hydroxyl groups is 1. The van der Waals surface area contributed by atoms with Crippen LogP contribution in [0.15, 0.2) is 60.7 Å². The quantitative estimate of drug-likeness (QED) is 0.350. The molecule has 0 saturated heterocycles. The third-order valence-corrected chi connectivity index (χ3v) is 4.54. The number of rotatable bonds is 10. The molecule has 7 heteroatoms. The van der Waals surface area contributed by atoms with Gasteiger partial charge in [0.15, 0.2) is 6.10 Å². The van der Waals surface area contributed by atoms with E-state index in [-0.39, 0.29) is 6.42 Å². The average Bonchev–Trinajstić information content (AvgIpc) is 2.77. The number of unbranched alkanes of at least 4 members (excludes halogenated alkanes) is 1. The van der Waals surface area contributed by atoms with Crippen LogP contribution in [-0.2, 0) is 9.59 Å². The van der Waals surface area contributed by atoms with Gasteiger partial charge in [-0.1, -0.05) is 48.5 Å². The zero-order chi connectivity index (χ0) is 21.9. The van der Waals surface area contributed by atoms with Gasteiger partial charge in [0.2, 0.25) is 5.91 Å². The minimum atomic E-state index is -1.64. The summed E-state index contributed by atoms with van der Waals surface area (Å²) >= 11 is 0. The number of nitrogens with two attached hydrogens (primary N) is 1. The number of hydrogen-bond acceptors (Lipinski definition) is 4. The fourth-order valence-corrected chi connectivity index (χ4v) is 2.92. The highest BCUT2D eigenvalue weighted by Gasteiger charge is 2.31. The normalized spacial score (nSPS) is 13.3. The highest BCUT2D eigenvalue weighted by atomic mass is 16.3. The second kappa shape index (κ2) is 11.4. The number of amides is 3. The highest BCUT2D eigenvalue weighted by Crippen LogP contribution is 2.18. The Kier molecular flexibility index (Phi) is 8.60. The Labute approximate surface area is 175 Å². The topological polar surface area (TPSA) is 122 Å². The number of benzene rings is 2.